The minimum absolute atomic E-state index is 0.0394. The number of nitriles is 1. The van der Waals surface area contributed by atoms with Crippen LogP contribution < -0.4 is 5.43 Å². The molecule has 1 atom stereocenters. The van der Waals surface area contributed by atoms with Crippen molar-refractivity contribution in [2.45, 2.75) is 32.2 Å². The van der Waals surface area contributed by atoms with Crippen LogP contribution in [0.15, 0.2) is 11.3 Å². The lowest BCUT2D eigenvalue weighted by Gasteiger charge is -2.20. The lowest BCUT2D eigenvalue weighted by Crippen LogP contribution is -2.37. The molecular formula is C9H13N3. The van der Waals surface area contributed by atoms with E-state index in [1.165, 1.54) is 17.7 Å². The Labute approximate surface area is 72.6 Å². The molecule has 0 aromatic heterocycles. The van der Waals surface area contributed by atoms with Crippen LogP contribution in [0.2, 0.25) is 0 Å². The fourth-order valence-corrected chi connectivity index (χ4v) is 2.07. The van der Waals surface area contributed by atoms with E-state index >= 15 is 0 Å². The summed E-state index contributed by atoms with van der Waals surface area (Å²) in [6.07, 6.45) is 3.48. The number of hydrogen-bond donors (Lipinski definition) is 1. The monoisotopic (exact) mass is 163 g/mol. The quantitative estimate of drug-likeness (QED) is 0.630. The van der Waals surface area contributed by atoms with Crippen molar-refractivity contribution in [1.82, 2.24) is 10.4 Å². The van der Waals surface area contributed by atoms with Crippen molar-refractivity contribution in [3.05, 3.63) is 11.3 Å². The molecule has 1 N–H and O–H groups in total. The molecule has 0 aromatic carbocycles. The van der Waals surface area contributed by atoms with Gasteiger partial charge in [0.25, 0.3) is 0 Å². The van der Waals surface area contributed by atoms with E-state index in [9.17, 15) is 0 Å². The number of nitrogens with one attached hydrogen (secondary N) is 1. The highest BCUT2D eigenvalue weighted by Crippen LogP contribution is 2.34. The normalized spacial score (nSPS) is 27.7. The first kappa shape index (κ1) is 7.63. The van der Waals surface area contributed by atoms with Crippen molar-refractivity contribution in [2.24, 2.45) is 0 Å². The van der Waals surface area contributed by atoms with Crippen LogP contribution in [0.5, 0.6) is 0 Å². The summed E-state index contributed by atoms with van der Waals surface area (Å²) < 4.78 is 0. The molecule has 1 aliphatic carbocycles. The molecule has 1 aliphatic heterocycles. The van der Waals surface area contributed by atoms with E-state index in [0.29, 0.717) is 0 Å². The standard InChI is InChI=1S/C9H13N3/c1-2-12-9-5-3-4-7(9)8(6-10)11-12/h8,11H,2-5H2,1H3. The Hall–Kier alpha value is -1.01. The number of allylic oxidation sites excluding steroid dienone is 1. The van der Waals surface area contributed by atoms with Crippen LogP contribution in [0.1, 0.15) is 26.2 Å². The molecule has 0 saturated carbocycles. The maximum Gasteiger partial charge on any atom is 0.136 e. The zero-order chi connectivity index (χ0) is 8.55. The van der Waals surface area contributed by atoms with Gasteiger partial charge in [0, 0.05) is 12.2 Å². The van der Waals surface area contributed by atoms with Gasteiger partial charge < -0.3 is 5.01 Å². The average Bonchev–Trinajstić information content (AvgIpc) is 2.63. The summed E-state index contributed by atoms with van der Waals surface area (Å²) in [5.41, 5.74) is 5.90. The Morgan fingerprint density at radius 3 is 3.17 bits per heavy atom. The van der Waals surface area contributed by atoms with Gasteiger partial charge in [-0.25, -0.2) is 5.43 Å². The maximum atomic E-state index is 8.85. The predicted octanol–water partition coefficient (Wildman–Crippen LogP) is 1.16. The van der Waals surface area contributed by atoms with Crippen molar-refractivity contribution >= 4 is 0 Å². The van der Waals surface area contributed by atoms with E-state index in [-0.39, 0.29) is 6.04 Å². The highest BCUT2D eigenvalue weighted by atomic mass is 15.5. The summed E-state index contributed by atoms with van der Waals surface area (Å²) in [6.45, 7) is 3.06. The molecule has 12 heavy (non-hydrogen) atoms. The van der Waals surface area contributed by atoms with Crippen molar-refractivity contribution < 1.29 is 0 Å². The van der Waals surface area contributed by atoms with Gasteiger partial charge in [0.1, 0.15) is 6.04 Å². The Morgan fingerprint density at radius 2 is 2.50 bits per heavy atom. The minimum Gasteiger partial charge on any atom is -0.311 e. The van der Waals surface area contributed by atoms with Crippen LogP contribution in [0.3, 0.4) is 0 Å². The zero-order valence-electron chi connectivity index (χ0n) is 7.30. The van der Waals surface area contributed by atoms with Crippen molar-refractivity contribution in [3.63, 3.8) is 0 Å². The van der Waals surface area contributed by atoms with Crippen LogP contribution in [0.4, 0.5) is 0 Å². The fraction of sp³-hybridized carbons (Fsp3) is 0.667. The maximum absolute atomic E-state index is 8.85. The third-order valence-corrected chi connectivity index (χ3v) is 2.63. The van der Waals surface area contributed by atoms with Crippen LogP contribution in [-0.4, -0.2) is 17.6 Å². The number of nitrogens with zero attached hydrogens (tertiary/aromatic N) is 2. The van der Waals surface area contributed by atoms with Crippen molar-refractivity contribution in [1.29, 1.82) is 5.26 Å². The van der Waals surface area contributed by atoms with Crippen LogP contribution >= 0.6 is 0 Å². The van der Waals surface area contributed by atoms with E-state index in [0.717, 1.165) is 19.4 Å². The lowest BCUT2D eigenvalue weighted by molar-refractivity contribution is 0.271. The highest BCUT2D eigenvalue weighted by Gasteiger charge is 2.32. The molecule has 0 bridgehead atoms. The van der Waals surface area contributed by atoms with Gasteiger partial charge in [-0.15, -0.1) is 0 Å². The molecule has 64 valence electrons. The summed E-state index contributed by atoms with van der Waals surface area (Å²) in [4.78, 5) is 0. The summed E-state index contributed by atoms with van der Waals surface area (Å²) >= 11 is 0. The molecule has 2 rings (SSSR count). The molecular weight excluding hydrogens is 150 g/mol. The molecule has 3 heteroatoms. The van der Waals surface area contributed by atoms with Crippen LogP contribution in [0, 0.1) is 11.3 Å². The first-order valence-electron chi connectivity index (χ1n) is 4.52. The Bertz CT molecular complexity index is 261. The topological polar surface area (TPSA) is 39.1 Å². The molecule has 1 heterocycles. The van der Waals surface area contributed by atoms with Gasteiger partial charge in [0.15, 0.2) is 0 Å². The largest absolute Gasteiger partial charge is 0.311 e. The van der Waals surface area contributed by atoms with Gasteiger partial charge in [-0.3, -0.25) is 0 Å². The first-order chi connectivity index (χ1) is 5.86. The number of hydrazine groups is 1. The molecule has 1 unspecified atom stereocenters. The summed E-state index contributed by atoms with van der Waals surface area (Å²) in [6, 6.07) is 2.25. The van der Waals surface area contributed by atoms with Gasteiger partial charge in [-0.1, -0.05) is 0 Å². The fourth-order valence-electron chi connectivity index (χ4n) is 2.07. The zero-order valence-corrected chi connectivity index (χ0v) is 7.30. The molecule has 0 spiro atoms. The van der Waals surface area contributed by atoms with Crippen LogP contribution in [-0.2, 0) is 0 Å². The van der Waals surface area contributed by atoms with Gasteiger partial charge in [0.05, 0.1) is 6.07 Å². The molecule has 3 nitrogen and oxygen atoms in total. The highest BCUT2D eigenvalue weighted by molar-refractivity contribution is 5.32. The third-order valence-electron chi connectivity index (χ3n) is 2.63. The Balaban J connectivity index is 2.25. The molecule has 0 amide bonds. The van der Waals surface area contributed by atoms with Gasteiger partial charge in [-0.05, 0) is 31.8 Å². The Kier molecular flexibility index (Phi) is 1.78. The second-order valence-electron chi connectivity index (χ2n) is 3.26. The second-order valence-corrected chi connectivity index (χ2v) is 3.26. The summed E-state index contributed by atoms with van der Waals surface area (Å²) in [5, 5.41) is 11.0. The molecule has 2 aliphatic rings. The molecule has 0 fully saturated rings. The third kappa shape index (κ3) is 0.919. The lowest BCUT2D eigenvalue weighted by atomic mass is 10.1. The number of hydrogen-bond acceptors (Lipinski definition) is 3. The minimum atomic E-state index is -0.0394. The molecule has 0 aromatic rings. The first-order valence-corrected chi connectivity index (χ1v) is 4.52. The van der Waals surface area contributed by atoms with E-state index < -0.39 is 0 Å². The van der Waals surface area contributed by atoms with E-state index in [1.807, 2.05) is 0 Å². The smallest absolute Gasteiger partial charge is 0.136 e. The Morgan fingerprint density at radius 1 is 1.67 bits per heavy atom. The number of rotatable bonds is 1. The van der Waals surface area contributed by atoms with Gasteiger partial charge in [0.2, 0.25) is 0 Å². The van der Waals surface area contributed by atoms with Crippen molar-refractivity contribution in [3.8, 4) is 6.07 Å². The van der Waals surface area contributed by atoms with E-state index in [2.05, 4.69) is 23.4 Å². The summed E-state index contributed by atoms with van der Waals surface area (Å²) in [7, 11) is 0. The SMILES string of the molecule is CCN1NC(C#N)C2=C1CCC2. The average molecular weight is 163 g/mol. The second kappa shape index (κ2) is 2.80. The molecule has 0 saturated heterocycles. The van der Waals surface area contributed by atoms with Crippen molar-refractivity contribution in [2.75, 3.05) is 6.54 Å². The van der Waals surface area contributed by atoms with Crippen LogP contribution in [0.25, 0.3) is 0 Å². The predicted molar refractivity (Wildman–Crippen MR) is 45.8 cm³/mol. The van der Waals surface area contributed by atoms with E-state index in [4.69, 9.17) is 5.26 Å². The van der Waals surface area contributed by atoms with Gasteiger partial charge in [-0.2, -0.15) is 5.26 Å². The summed E-state index contributed by atoms with van der Waals surface area (Å²) in [5.74, 6) is 0. The molecule has 0 radical (unpaired) electrons. The van der Waals surface area contributed by atoms with Gasteiger partial charge >= 0.3 is 0 Å². The van der Waals surface area contributed by atoms with E-state index in [1.54, 1.807) is 0 Å².